The molecule has 0 spiro atoms. The van der Waals surface area contributed by atoms with Crippen LogP contribution in [0.2, 0.25) is 5.02 Å². The molecular weight excluding hydrogens is 318 g/mol. The molecule has 126 valence electrons. The molecule has 0 unspecified atom stereocenters. The molecule has 2 aliphatic heterocycles. The average Bonchev–Trinajstić information content (AvgIpc) is 2.61. The van der Waals surface area contributed by atoms with Crippen LogP contribution in [0.5, 0.6) is 0 Å². The molecule has 3 rings (SSSR count). The fraction of sp³-hybridized carbons (Fsp3) is 0.588. The van der Waals surface area contributed by atoms with Crippen LogP contribution in [0.3, 0.4) is 0 Å². The maximum Gasteiger partial charge on any atom is 0.226 e. The number of hydrogen-bond donors (Lipinski definition) is 1. The Morgan fingerprint density at radius 2 is 2.00 bits per heavy atom. The van der Waals surface area contributed by atoms with Gasteiger partial charge >= 0.3 is 0 Å². The molecule has 0 aromatic heterocycles. The molecule has 2 aliphatic rings. The summed E-state index contributed by atoms with van der Waals surface area (Å²) in [5, 5.41) is 10.3. The quantitative estimate of drug-likeness (QED) is 0.915. The van der Waals surface area contributed by atoms with Gasteiger partial charge in [0.05, 0.1) is 19.3 Å². The lowest BCUT2D eigenvalue weighted by Crippen LogP contribution is -2.51. The summed E-state index contributed by atoms with van der Waals surface area (Å²) in [4.78, 5) is 14.8. The second-order valence-electron chi connectivity index (χ2n) is 5.98. The van der Waals surface area contributed by atoms with Crippen molar-refractivity contribution in [2.45, 2.75) is 25.0 Å². The number of hydrogen-bond acceptors (Lipinski definition) is 4. The van der Waals surface area contributed by atoms with E-state index in [9.17, 15) is 9.90 Å². The molecule has 0 radical (unpaired) electrons. The van der Waals surface area contributed by atoms with Gasteiger partial charge in [-0.25, -0.2) is 0 Å². The lowest BCUT2D eigenvalue weighted by Gasteiger charge is -2.43. The SMILES string of the molecule is O=C(C1CCOCC1)N1CCO[C@@H](CO)[C@@H]1c1ccccc1Cl. The first-order valence-corrected chi connectivity index (χ1v) is 8.45. The van der Waals surface area contributed by atoms with Crippen LogP contribution in [-0.2, 0) is 14.3 Å². The molecule has 1 amide bonds. The number of amides is 1. The zero-order chi connectivity index (χ0) is 16.2. The molecule has 1 aromatic carbocycles. The summed E-state index contributed by atoms with van der Waals surface area (Å²) in [6.07, 6.45) is 1.04. The summed E-state index contributed by atoms with van der Waals surface area (Å²) in [5.41, 5.74) is 0.827. The van der Waals surface area contributed by atoms with E-state index in [2.05, 4.69) is 0 Å². The Labute approximate surface area is 141 Å². The van der Waals surface area contributed by atoms with Gasteiger partial charge in [-0.1, -0.05) is 29.8 Å². The van der Waals surface area contributed by atoms with Crippen molar-refractivity contribution in [3.05, 3.63) is 34.9 Å². The second-order valence-corrected chi connectivity index (χ2v) is 6.38. The van der Waals surface area contributed by atoms with Gasteiger partial charge in [0.1, 0.15) is 6.10 Å². The van der Waals surface area contributed by atoms with E-state index in [0.717, 1.165) is 18.4 Å². The summed E-state index contributed by atoms with van der Waals surface area (Å²) in [6, 6.07) is 7.10. The van der Waals surface area contributed by atoms with Crippen molar-refractivity contribution in [2.24, 2.45) is 5.92 Å². The molecule has 1 N–H and O–H groups in total. The highest BCUT2D eigenvalue weighted by molar-refractivity contribution is 6.31. The van der Waals surface area contributed by atoms with Crippen LogP contribution < -0.4 is 0 Å². The van der Waals surface area contributed by atoms with Gasteiger partial charge in [-0.2, -0.15) is 0 Å². The Morgan fingerprint density at radius 3 is 2.70 bits per heavy atom. The molecule has 5 nitrogen and oxygen atoms in total. The first-order valence-electron chi connectivity index (χ1n) is 8.07. The summed E-state index contributed by atoms with van der Waals surface area (Å²) in [5.74, 6) is 0.0890. The Hall–Kier alpha value is -1.14. The molecule has 0 bridgehead atoms. The molecule has 0 aliphatic carbocycles. The Morgan fingerprint density at radius 1 is 1.26 bits per heavy atom. The topological polar surface area (TPSA) is 59.0 Å². The van der Waals surface area contributed by atoms with E-state index >= 15 is 0 Å². The monoisotopic (exact) mass is 339 g/mol. The van der Waals surface area contributed by atoms with Crippen molar-refractivity contribution in [1.82, 2.24) is 4.90 Å². The van der Waals surface area contributed by atoms with Gasteiger partial charge < -0.3 is 19.5 Å². The first kappa shape index (κ1) is 16.7. The molecule has 23 heavy (non-hydrogen) atoms. The second kappa shape index (κ2) is 7.62. The van der Waals surface area contributed by atoms with Crippen molar-refractivity contribution >= 4 is 17.5 Å². The maximum absolute atomic E-state index is 13.0. The van der Waals surface area contributed by atoms with E-state index < -0.39 is 6.10 Å². The number of ether oxygens (including phenoxy) is 2. The van der Waals surface area contributed by atoms with Crippen LogP contribution in [0.4, 0.5) is 0 Å². The number of nitrogens with zero attached hydrogens (tertiary/aromatic N) is 1. The average molecular weight is 340 g/mol. The number of aliphatic hydroxyl groups is 1. The van der Waals surface area contributed by atoms with Crippen molar-refractivity contribution in [1.29, 1.82) is 0 Å². The highest BCUT2D eigenvalue weighted by Gasteiger charge is 2.39. The van der Waals surface area contributed by atoms with Gasteiger partial charge in [-0.15, -0.1) is 0 Å². The van der Waals surface area contributed by atoms with Crippen molar-refractivity contribution < 1.29 is 19.4 Å². The van der Waals surface area contributed by atoms with Gasteiger partial charge in [0.25, 0.3) is 0 Å². The normalized spacial score (nSPS) is 26.3. The van der Waals surface area contributed by atoms with E-state index in [-0.39, 0.29) is 24.5 Å². The van der Waals surface area contributed by atoms with Crippen molar-refractivity contribution in [3.63, 3.8) is 0 Å². The van der Waals surface area contributed by atoms with E-state index in [4.69, 9.17) is 21.1 Å². The highest BCUT2D eigenvalue weighted by atomic mass is 35.5. The zero-order valence-corrected chi connectivity index (χ0v) is 13.7. The number of carbonyl (C=O) groups is 1. The summed E-state index contributed by atoms with van der Waals surface area (Å²) in [6.45, 7) is 2.05. The molecule has 2 fully saturated rings. The molecule has 6 heteroatoms. The predicted octanol–water partition coefficient (Wildman–Crippen LogP) is 2.03. The maximum atomic E-state index is 13.0. The Kier molecular flexibility index (Phi) is 5.54. The van der Waals surface area contributed by atoms with Crippen molar-refractivity contribution in [2.75, 3.05) is 33.0 Å². The minimum atomic E-state index is -0.451. The van der Waals surface area contributed by atoms with Crippen LogP contribution in [0.1, 0.15) is 24.4 Å². The van der Waals surface area contributed by atoms with Gasteiger partial charge in [-0.05, 0) is 24.5 Å². The number of rotatable bonds is 3. The fourth-order valence-corrected chi connectivity index (χ4v) is 3.64. The van der Waals surface area contributed by atoms with E-state index in [0.29, 0.717) is 31.4 Å². The van der Waals surface area contributed by atoms with Crippen molar-refractivity contribution in [3.8, 4) is 0 Å². The highest BCUT2D eigenvalue weighted by Crippen LogP contribution is 2.35. The Balaban J connectivity index is 1.89. The molecule has 2 saturated heterocycles. The van der Waals surface area contributed by atoms with Crippen LogP contribution in [-0.4, -0.2) is 55.0 Å². The summed E-state index contributed by atoms with van der Waals surface area (Å²) in [7, 11) is 0. The number of aliphatic hydroxyl groups excluding tert-OH is 1. The van der Waals surface area contributed by atoms with Crippen LogP contribution >= 0.6 is 11.6 Å². The minimum Gasteiger partial charge on any atom is -0.394 e. The largest absolute Gasteiger partial charge is 0.394 e. The van der Waals surface area contributed by atoms with Crippen LogP contribution in [0, 0.1) is 5.92 Å². The van der Waals surface area contributed by atoms with Gasteiger partial charge in [-0.3, -0.25) is 4.79 Å². The van der Waals surface area contributed by atoms with Crippen LogP contribution in [0.25, 0.3) is 0 Å². The van der Waals surface area contributed by atoms with Gasteiger partial charge in [0.15, 0.2) is 0 Å². The first-order chi connectivity index (χ1) is 11.2. The smallest absolute Gasteiger partial charge is 0.226 e. The molecule has 2 heterocycles. The van der Waals surface area contributed by atoms with E-state index in [1.165, 1.54) is 0 Å². The van der Waals surface area contributed by atoms with Gasteiger partial charge in [0.2, 0.25) is 5.91 Å². The lowest BCUT2D eigenvalue weighted by atomic mass is 9.93. The third kappa shape index (κ3) is 3.53. The predicted molar refractivity (Wildman–Crippen MR) is 86.3 cm³/mol. The van der Waals surface area contributed by atoms with E-state index in [1.54, 1.807) is 6.07 Å². The number of benzene rings is 1. The standard InChI is InChI=1S/C17H22ClNO4/c18-14-4-2-1-3-13(14)16-15(11-20)23-10-7-19(16)17(21)12-5-8-22-9-6-12/h1-4,12,15-16,20H,5-11H2/t15-,16-/m0/s1. The third-order valence-corrected chi connectivity index (χ3v) is 4.95. The minimum absolute atomic E-state index is 0.0221. The molecule has 2 atom stereocenters. The lowest BCUT2D eigenvalue weighted by molar-refractivity contribution is -0.156. The van der Waals surface area contributed by atoms with Crippen LogP contribution in [0.15, 0.2) is 24.3 Å². The zero-order valence-electron chi connectivity index (χ0n) is 13.0. The fourth-order valence-electron chi connectivity index (χ4n) is 3.40. The summed E-state index contributed by atoms with van der Waals surface area (Å²) >= 11 is 6.34. The number of halogens is 1. The molecule has 0 saturated carbocycles. The number of carbonyl (C=O) groups excluding carboxylic acids is 1. The number of morpholine rings is 1. The third-order valence-electron chi connectivity index (χ3n) is 4.61. The summed E-state index contributed by atoms with van der Waals surface area (Å²) < 4.78 is 11.0. The van der Waals surface area contributed by atoms with Gasteiger partial charge in [0, 0.05) is 30.7 Å². The Bertz CT molecular complexity index is 547. The molecular formula is C17H22ClNO4. The van der Waals surface area contributed by atoms with E-state index in [1.807, 2.05) is 23.1 Å². The molecule has 1 aromatic rings.